The third-order valence-electron chi connectivity index (χ3n) is 5.16. The van der Waals surface area contributed by atoms with Gasteiger partial charge in [0.2, 0.25) is 0 Å². The molecular formula is C17H20N2O2. The normalized spacial score (nSPS) is 20.4. The fourth-order valence-corrected chi connectivity index (χ4v) is 3.50. The summed E-state index contributed by atoms with van der Waals surface area (Å²) in [5.74, 6) is 1.47. The van der Waals surface area contributed by atoms with E-state index in [1.165, 1.54) is 32.1 Å². The number of nitrogens with zero attached hydrogens (tertiary/aromatic N) is 2. The average molecular weight is 284 g/mol. The molecule has 1 unspecified atom stereocenters. The van der Waals surface area contributed by atoms with Crippen LogP contribution in [0.25, 0.3) is 11.0 Å². The zero-order valence-corrected chi connectivity index (χ0v) is 12.2. The standard InChI is InChI=1S/C17H20N2O2/c1-10(11-4-2-5-11)19-14-7-3-6-13(17(20)21)15(14)18-16(19)12-8-9-12/h3,6-7,10-12H,2,4-5,8-9H2,1H3,(H,20,21). The van der Waals surface area contributed by atoms with Crippen molar-refractivity contribution >= 4 is 17.0 Å². The van der Waals surface area contributed by atoms with Crippen molar-refractivity contribution in [1.82, 2.24) is 9.55 Å². The summed E-state index contributed by atoms with van der Waals surface area (Å²) in [6.45, 7) is 2.27. The minimum Gasteiger partial charge on any atom is -0.478 e. The summed E-state index contributed by atoms with van der Waals surface area (Å²) in [5.41, 5.74) is 1.99. The van der Waals surface area contributed by atoms with Crippen molar-refractivity contribution < 1.29 is 9.90 Å². The van der Waals surface area contributed by atoms with Crippen LogP contribution in [-0.2, 0) is 0 Å². The van der Waals surface area contributed by atoms with E-state index in [0.717, 1.165) is 11.3 Å². The highest BCUT2D eigenvalue weighted by atomic mass is 16.4. The van der Waals surface area contributed by atoms with Crippen LogP contribution in [0.4, 0.5) is 0 Å². The minimum absolute atomic E-state index is 0.328. The Morgan fingerprint density at radius 2 is 2.10 bits per heavy atom. The lowest BCUT2D eigenvalue weighted by Crippen LogP contribution is -2.24. The summed E-state index contributed by atoms with van der Waals surface area (Å²) in [7, 11) is 0. The molecule has 0 saturated heterocycles. The Hall–Kier alpha value is -1.84. The van der Waals surface area contributed by atoms with Crippen molar-refractivity contribution in [2.45, 2.75) is 51.0 Å². The molecule has 1 N–H and O–H groups in total. The Morgan fingerprint density at radius 1 is 1.33 bits per heavy atom. The number of benzene rings is 1. The number of fused-ring (bicyclic) bond motifs is 1. The van der Waals surface area contributed by atoms with Crippen LogP contribution in [0.15, 0.2) is 18.2 Å². The van der Waals surface area contributed by atoms with Gasteiger partial charge >= 0.3 is 5.97 Å². The Bertz CT molecular complexity index is 711. The van der Waals surface area contributed by atoms with Crippen molar-refractivity contribution in [2.75, 3.05) is 0 Å². The maximum absolute atomic E-state index is 11.4. The first-order valence-electron chi connectivity index (χ1n) is 7.91. The molecule has 0 aliphatic heterocycles. The van der Waals surface area contributed by atoms with Crippen molar-refractivity contribution in [3.8, 4) is 0 Å². The summed E-state index contributed by atoms with van der Waals surface area (Å²) in [6, 6.07) is 5.94. The summed E-state index contributed by atoms with van der Waals surface area (Å²) in [4.78, 5) is 16.2. The third kappa shape index (κ3) is 1.96. The molecule has 4 heteroatoms. The molecule has 2 fully saturated rings. The van der Waals surface area contributed by atoms with Crippen molar-refractivity contribution in [2.24, 2.45) is 5.92 Å². The van der Waals surface area contributed by atoms with Gasteiger partial charge in [0.05, 0.1) is 11.1 Å². The van der Waals surface area contributed by atoms with Crippen LogP contribution in [0.2, 0.25) is 0 Å². The van der Waals surface area contributed by atoms with E-state index in [9.17, 15) is 9.90 Å². The predicted molar refractivity (Wildman–Crippen MR) is 80.7 cm³/mol. The van der Waals surface area contributed by atoms with E-state index in [1.54, 1.807) is 6.07 Å². The third-order valence-corrected chi connectivity index (χ3v) is 5.16. The van der Waals surface area contributed by atoms with Crippen LogP contribution in [0.5, 0.6) is 0 Å². The quantitative estimate of drug-likeness (QED) is 0.924. The first kappa shape index (κ1) is 12.9. The van der Waals surface area contributed by atoms with Gasteiger partial charge in [0.1, 0.15) is 11.3 Å². The highest BCUT2D eigenvalue weighted by Gasteiger charge is 2.34. The van der Waals surface area contributed by atoms with E-state index in [-0.39, 0.29) is 0 Å². The van der Waals surface area contributed by atoms with Gasteiger partial charge in [-0.15, -0.1) is 0 Å². The smallest absolute Gasteiger partial charge is 0.337 e. The number of aromatic carboxylic acids is 1. The zero-order valence-electron chi connectivity index (χ0n) is 12.2. The second-order valence-electron chi connectivity index (χ2n) is 6.52. The van der Waals surface area contributed by atoms with Crippen LogP contribution in [0, 0.1) is 5.92 Å². The van der Waals surface area contributed by atoms with Crippen LogP contribution in [0.3, 0.4) is 0 Å². The SMILES string of the molecule is CC(C1CCC1)n1c(C2CC2)nc2c(C(=O)O)cccc21. The highest BCUT2D eigenvalue weighted by Crippen LogP contribution is 2.45. The number of para-hydroxylation sites is 1. The number of carboxylic acid groups (broad SMARTS) is 1. The number of carboxylic acids is 1. The van der Waals surface area contributed by atoms with E-state index in [0.29, 0.717) is 29.0 Å². The maximum Gasteiger partial charge on any atom is 0.337 e. The highest BCUT2D eigenvalue weighted by molar-refractivity contribution is 6.01. The largest absolute Gasteiger partial charge is 0.478 e. The monoisotopic (exact) mass is 284 g/mol. The molecule has 0 amide bonds. The second-order valence-corrected chi connectivity index (χ2v) is 6.52. The first-order valence-corrected chi connectivity index (χ1v) is 7.91. The summed E-state index contributed by atoms with van der Waals surface area (Å²) in [6.07, 6.45) is 6.25. The van der Waals surface area contributed by atoms with Gasteiger partial charge in [-0.1, -0.05) is 12.5 Å². The van der Waals surface area contributed by atoms with Crippen molar-refractivity contribution in [3.63, 3.8) is 0 Å². The molecule has 2 saturated carbocycles. The number of aromatic nitrogens is 2. The lowest BCUT2D eigenvalue weighted by Gasteiger charge is -2.33. The van der Waals surface area contributed by atoms with Crippen LogP contribution in [0.1, 0.15) is 67.2 Å². The summed E-state index contributed by atoms with van der Waals surface area (Å²) >= 11 is 0. The second kappa shape index (κ2) is 4.58. The fraction of sp³-hybridized carbons (Fsp3) is 0.529. The molecule has 1 aromatic heterocycles. The number of carbonyl (C=O) groups is 1. The molecule has 2 aromatic rings. The Morgan fingerprint density at radius 3 is 2.67 bits per heavy atom. The van der Waals surface area contributed by atoms with E-state index >= 15 is 0 Å². The Kier molecular flexibility index (Phi) is 2.81. The lowest BCUT2D eigenvalue weighted by atomic mass is 9.80. The van der Waals surface area contributed by atoms with Gasteiger partial charge in [0.15, 0.2) is 0 Å². The lowest BCUT2D eigenvalue weighted by molar-refractivity contribution is 0.0699. The molecule has 2 aliphatic rings. The van der Waals surface area contributed by atoms with Crippen molar-refractivity contribution in [3.05, 3.63) is 29.6 Å². The van der Waals surface area contributed by atoms with E-state index in [2.05, 4.69) is 11.5 Å². The Balaban J connectivity index is 1.91. The van der Waals surface area contributed by atoms with E-state index < -0.39 is 5.97 Å². The summed E-state index contributed by atoms with van der Waals surface area (Å²) < 4.78 is 2.34. The number of rotatable bonds is 4. The number of hydrogen-bond donors (Lipinski definition) is 1. The molecule has 0 radical (unpaired) electrons. The average Bonchev–Trinajstić information content (AvgIpc) is 3.15. The molecule has 21 heavy (non-hydrogen) atoms. The van der Waals surface area contributed by atoms with Gasteiger partial charge in [0, 0.05) is 12.0 Å². The van der Waals surface area contributed by atoms with Crippen molar-refractivity contribution in [1.29, 1.82) is 0 Å². The van der Waals surface area contributed by atoms with Crippen LogP contribution in [-0.4, -0.2) is 20.6 Å². The van der Waals surface area contributed by atoms with Gasteiger partial charge in [-0.05, 0) is 50.7 Å². The predicted octanol–water partition coefficient (Wildman–Crippen LogP) is 3.97. The van der Waals surface area contributed by atoms with E-state index in [1.807, 2.05) is 12.1 Å². The van der Waals surface area contributed by atoms with Gasteiger partial charge < -0.3 is 9.67 Å². The minimum atomic E-state index is -0.885. The van der Waals surface area contributed by atoms with Gasteiger partial charge in [0.25, 0.3) is 0 Å². The van der Waals surface area contributed by atoms with Gasteiger partial charge in [-0.25, -0.2) is 9.78 Å². The number of hydrogen-bond acceptors (Lipinski definition) is 2. The van der Waals surface area contributed by atoms with E-state index in [4.69, 9.17) is 4.98 Å². The molecular weight excluding hydrogens is 264 g/mol. The first-order chi connectivity index (χ1) is 10.2. The molecule has 1 aromatic carbocycles. The maximum atomic E-state index is 11.4. The molecule has 0 spiro atoms. The molecule has 4 nitrogen and oxygen atoms in total. The summed E-state index contributed by atoms with van der Waals surface area (Å²) in [5, 5.41) is 9.39. The fourth-order valence-electron chi connectivity index (χ4n) is 3.50. The van der Waals surface area contributed by atoms with Crippen LogP contribution >= 0.6 is 0 Å². The molecule has 1 heterocycles. The zero-order chi connectivity index (χ0) is 14.6. The topological polar surface area (TPSA) is 55.1 Å². The molecule has 0 bridgehead atoms. The molecule has 2 aliphatic carbocycles. The molecule has 4 rings (SSSR count). The van der Waals surface area contributed by atoms with Gasteiger partial charge in [-0.2, -0.15) is 0 Å². The molecule has 1 atom stereocenters. The van der Waals surface area contributed by atoms with Gasteiger partial charge in [-0.3, -0.25) is 0 Å². The Labute approximate surface area is 123 Å². The number of imidazole rings is 1. The van der Waals surface area contributed by atoms with Crippen LogP contribution < -0.4 is 0 Å². The molecule has 110 valence electrons.